The van der Waals surface area contributed by atoms with Crippen molar-refractivity contribution in [1.82, 2.24) is 20.2 Å². The molecule has 0 saturated heterocycles. The molecule has 31 heavy (non-hydrogen) atoms. The van der Waals surface area contributed by atoms with Crippen molar-refractivity contribution < 1.29 is 9.90 Å². The molecule has 1 aliphatic heterocycles. The van der Waals surface area contributed by atoms with Crippen LogP contribution >= 0.6 is 0 Å². The van der Waals surface area contributed by atoms with Crippen LogP contribution in [0.15, 0.2) is 67.1 Å². The van der Waals surface area contributed by atoms with E-state index in [1.807, 2.05) is 18.2 Å². The molecule has 7 nitrogen and oxygen atoms in total. The standard InChI is InChI=1S/C24H27N5O2/c30-22(17-29-12-8-19-3-1-2-4-21(19)16-29)15-28-24(31)20-7-11-26-23(13-20)27-14-18-5-9-25-10-6-18/h1-7,9-11,13,22,30H,8,12,14-17H2,(H,26,27)(H,28,31). The molecule has 1 amide bonds. The molecular weight excluding hydrogens is 390 g/mol. The number of aliphatic hydroxyl groups is 1. The zero-order chi connectivity index (χ0) is 21.5. The van der Waals surface area contributed by atoms with Crippen LogP contribution in [-0.4, -0.2) is 51.6 Å². The van der Waals surface area contributed by atoms with E-state index >= 15 is 0 Å². The fraction of sp³-hybridized carbons (Fsp3) is 0.292. The number of aromatic nitrogens is 2. The van der Waals surface area contributed by atoms with E-state index in [1.165, 1.54) is 11.1 Å². The second-order valence-electron chi connectivity index (χ2n) is 7.76. The lowest BCUT2D eigenvalue weighted by molar-refractivity contribution is 0.0842. The monoisotopic (exact) mass is 417 g/mol. The van der Waals surface area contributed by atoms with E-state index < -0.39 is 6.10 Å². The Labute approximate surface area is 182 Å². The molecule has 3 N–H and O–H groups in total. The summed E-state index contributed by atoms with van der Waals surface area (Å²) < 4.78 is 0. The van der Waals surface area contributed by atoms with Gasteiger partial charge in [0.1, 0.15) is 5.82 Å². The van der Waals surface area contributed by atoms with E-state index in [4.69, 9.17) is 0 Å². The number of nitrogens with zero attached hydrogens (tertiary/aromatic N) is 3. The van der Waals surface area contributed by atoms with Crippen LogP contribution in [-0.2, 0) is 19.5 Å². The quantitative estimate of drug-likeness (QED) is 0.521. The van der Waals surface area contributed by atoms with Gasteiger partial charge < -0.3 is 15.7 Å². The smallest absolute Gasteiger partial charge is 0.251 e. The lowest BCUT2D eigenvalue weighted by atomic mass is 10.00. The normalized spacial score (nSPS) is 14.5. The number of pyridine rings is 2. The van der Waals surface area contributed by atoms with Gasteiger partial charge in [0.15, 0.2) is 0 Å². The first kappa shape index (κ1) is 21.0. The van der Waals surface area contributed by atoms with Crippen molar-refractivity contribution in [1.29, 1.82) is 0 Å². The van der Waals surface area contributed by atoms with Crippen LogP contribution in [0.1, 0.15) is 27.0 Å². The number of rotatable bonds is 8. The van der Waals surface area contributed by atoms with Crippen LogP contribution in [0.2, 0.25) is 0 Å². The van der Waals surface area contributed by atoms with Crippen LogP contribution in [0.4, 0.5) is 5.82 Å². The molecule has 2 aromatic heterocycles. The number of amides is 1. The van der Waals surface area contributed by atoms with Crippen LogP contribution in [0.5, 0.6) is 0 Å². The first-order valence-corrected chi connectivity index (χ1v) is 10.5. The van der Waals surface area contributed by atoms with Gasteiger partial charge in [-0.3, -0.25) is 14.7 Å². The molecule has 1 unspecified atom stereocenters. The summed E-state index contributed by atoms with van der Waals surface area (Å²) >= 11 is 0. The second kappa shape index (κ2) is 10.1. The SMILES string of the molecule is O=C(NCC(O)CN1CCc2ccccc2C1)c1ccnc(NCc2ccncc2)c1. The summed E-state index contributed by atoms with van der Waals surface area (Å²) in [4.78, 5) is 23.0. The van der Waals surface area contributed by atoms with Crippen molar-refractivity contribution in [2.75, 3.05) is 25.0 Å². The van der Waals surface area contributed by atoms with Crippen LogP contribution in [0.3, 0.4) is 0 Å². The van der Waals surface area contributed by atoms with Crippen molar-refractivity contribution in [2.24, 2.45) is 0 Å². The number of aliphatic hydroxyl groups excluding tert-OH is 1. The van der Waals surface area contributed by atoms with E-state index in [-0.39, 0.29) is 12.5 Å². The molecule has 1 aliphatic rings. The van der Waals surface area contributed by atoms with Crippen LogP contribution in [0, 0.1) is 0 Å². The predicted molar refractivity (Wildman–Crippen MR) is 120 cm³/mol. The van der Waals surface area contributed by atoms with Crippen molar-refractivity contribution in [3.63, 3.8) is 0 Å². The Morgan fingerprint density at radius 1 is 1.10 bits per heavy atom. The summed E-state index contributed by atoms with van der Waals surface area (Å²) in [6, 6.07) is 15.6. The van der Waals surface area contributed by atoms with Gasteiger partial charge in [-0.25, -0.2) is 4.98 Å². The zero-order valence-corrected chi connectivity index (χ0v) is 17.4. The third-order valence-corrected chi connectivity index (χ3v) is 5.42. The third-order valence-electron chi connectivity index (χ3n) is 5.42. The Hall–Kier alpha value is -3.29. The van der Waals surface area contributed by atoms with Gasteiger partial charge in [0.25, 0.3) is 5.91 Å². The summed E-state index contributed by atoms with van der Waals surface area (Å²) in [5.41, 5.74) is 4.28. The van der Waals surface area contributed by atoms with Gasteiger partial charge in [0.2, 0.25) is 0 Å². The molecule has 0 fully saturated rings. The molecule has 0 spiro atoms. The highest BCUT2D eigenvalue weighted by Gasteiger charge is 2.19. The molecule has 0 radical (unpaired) electrons. The Morgan fingerprint density at radius 3 is 2.74 bits per heavy atom. The maximum Gasteiger partial charge on any atom is 0.251 e. The highest BCUT2D eigenvalue weighted by atomic mass is 16.3. The van der Waals surface area contributed by atoms with Crippen LogP contribution < -0.4 is 10.6 Å². The van der Waals surface area contributed by atoms with Crippen molar-refractivity contribution >= 4 is 11.7 Å². The molecular formula is C24H27N5O2. The second-order valence-corrected chi connectivity index (χ2v) is 7.76. The van der Waals surface area contributed by atoms with Gasteiger partial charge in [0, 0.05) is 56.9 Å². The number of benzene rings is 1. The maximum atomic E-state index is 12.5. The Kier molecular flexibility index (Phi) is 6.86. The minimum Gasteiger partial charge on any atom is -0.390 e. The molecule has 7 heteroatoms. The minimum absolute atomic E-state index is 0.207. The van der Waals surface area contributed by atoms with E-state index in [0.29, 0.717) is 24.5 Å². The topological polar surface area (TPSA) is 90.4 Å². The molecule has 3 aromatic rings. The Bertz CT molecular complexity index is 1010. The number of carbonyl (C=O) groups is 1. The van der Waals surface area contributed by atoms with Crippen molar-refractivity contribution in [3.05, 3.63) is 89.4 Å². The molecule has 1 atom stereocenters. The van der Waals surface area contributed by atoms with E-state index in [0.717, 1.165) is 25.1 Å². The fourth-order valence-electron chi connectivity index (χ4n) is 3.75. The highest BCUT2D eigenvalue weighted by Crippen LogP contribution is 2.18. The molecule has 0 bridgehead atoms. The first-order valence-electron chi connectivity index (χ1n) is 10.5. The lowest BCUT2D eigenvalue weighted by Gasteiger charge is -2.30. The van der Waals surface area contributed by atoms with E-state index in [9.17, 15) is 9.90 Å². The minimum atomic E-state index is -0.625. The molecule has 0 saturated carbocycles. The van der Waals surface area contributed by atoms with Gasteiger partial charge in [-0.05, 0) is 47.4 Å². The summed E-state index contributed by atoms with van der Waals surface area (Å²) in [7, 11) is 0. The van der Waals surface area contributed by atoms with Crippen molar-refractivity contribution in [3.8, 4) is 0 Å². The van der Waals surface area contributed by atoms with E-state index in [2.05, 4.69) is 43.7 Å². The number of anilines is 1. The van der Waals surface area contributed by atoms with Gasteiger partial charge in [-0.1, -0.05) is 24.3 Å². The predicted octanol–water partition coefficient (Wildman–Crippen LogP) is 2.24. The Balaban J connectivity index is 1.25. The average molecular weight is 418 g/mol. The molecule has 4 rings (SSSR count). The number of carbonyl (C=O) groups excluding carboxylic acids is 1. The summed E-state index contributed by atoms with van der Waals surface area (Å²) in [6.45, 7) is 3.08. The largest absolute Gasteiger partial charge is 0.390 e. The molecule has 3 heterocycles. The third kappa shape index (κ3) is 5.87. The van der Waals surface area contributed by atoms with Gasteiger partial charge >= 0.3 is 0 Å². The fourth-order valence-corrected chi connectivity index (χ4v) is 3.75. The van der Waals surface area contributed by atoms with Crippen LogP contribution in [0.25, 0.3) is 0 Å². The number of β-amino-alcohol motifs (C(OH)–C–C–N with tert-alkyl or cyclic N) is 1. The lowest BCUT2D eigenvalue weighted by Crippen LogP contribution is -2.42. The molecule has 1 aromatic carbocycles. The molecule has 0 aliphatic carbocycles. The number of hydrogen-bond acceptors (Lipinski definition) is 6. The number of hydrogen-bond donors (Lipinski definition) is 3. The summed E-state index contributed by atoms with van der Waals surface area (Å²) in [5.74, 6) is 0.398. The number of fused-ring (bicyclic) bond motifs is 1. The van der Waals surface area contributed by atoms with Gasteiger partial charge in [-0.2, -0.15) is 0 Å². The maximum absolute atomic E-state index is 12.5. The zero-order valence-electron chi connectivity index (χ0n) is 17.4. The highest BCUT2D eigenvalue weighted by molar-refractivity contribution is 5.94. The molecule has 160 valence electrons. The first-order chi connectivity index (χ1) is 15.2. The summed E-state index contributed by atoms with van der Waals surface area (Å²) in [5, 5.41) is 16.5. The summed E-state index contributed by atoms with van der Waals surface area (Å²) in [6.07, 6.45) is 5.44. The Morgan fingerprint density at radius 2 is 1.90 bits per heavy atom. The van der Waals surface area contributed by atoms with Crippen molar-refractivity contribution in [2.45, 2.75) is 25.6 Å². The van der Waals surface area contributed by atoms with E-state index in [1.54, 1.807) is 30.7 Å². The average Bonchev–Trinajstić information content (AvgIpc) is 2.82. The number of nitrogens with one attached hydrogen (secondary N) is 2. The van der Waals surface area contributed by atoms with Gasteiger partial charge in [0.05, 0.1) is 6.10 Å². The van der Waals surface area contributed by atoms with Gasteiger partial charge in [-0.15, -0.1) is 0 Å².